The molecule has 2 aromatic rings. The van der Waals surface area contributed by atoms with E-state index in [1.807, 2.05) is 45.3 Å². The van der Waals surface area contributed by atoms with Crippen molar-refractivity contribution < 1.29 is 9.84 Å². The average Bonchev–Trinajstić information content (AvgIpc) is 2.74. The first-order valence-corrected chi connectivity index (χ1v) is 8.18. The van der Waals surface area contributed by atoms with Crippen molar-refractivity contribution in [3.8, 4) is 0 Å². The zero-order chi connectivity index (χ0) is 17.2. The summed E-state index contributed by atoms with van der Waals surface area (Å²) >= 11 is 5.98. The zero-order valence-corrected chi connectivity index (χ0v) is 15.1. The van der Waals surface area contributed by atoms with Gasteiger partial charge in [0.05, 0.1) is 12.2 Å². The highest BCUT2D eigenvalue weighted by molar-refractivity contribution is 6.29. The van der Waals surface area contributed by atoms with Gasteiger partial charge in [0.1, 0.15) is 16.9 Å². The molecule has 0 bridgehead atoms. The Morgan fingerprint density at radius 2 is 2.00 bits per heavy atom. The molecule has 2 N–H and O–H groups in total. The van der Waals surface area contributed by atoms with Crippen LogP contribution in [0.1, 0.15) is 47.1 Å². The molecule has 0 aliphatic heterocycles. The van der Waals surface area contributed by atoms with E-state index in [1.54, 1.807) is 6.07 Å². The van der Waals surface area contributed by atoms with E-state index in [0.29, 0.717) is 29.8 Å². The number of hydrogen-bond acceptors (Lipinski definition) is 5. The average molecular weight is 341 g/mol. The van der Waals surface area contributed by atoms with E-state index >= 15 is 0 Å². The van der Waals surface area contributed by atoms with Crippen LogP contribution in [0.4, 0.5) is 5.95 Å². The summed E-state index contributed by atoms with van der Waals surface area (Å²) < 4.78 is 7.56. The van der Waals surface area contributed by atoms with Crippen LogP contribution in [0, 0.1) is 0 Å². The maximum Gasteiger partial charge on any atom is 0.207 e. The molecule has 128 valence electrons. The number of pyridine rings is 1. The first-order valence-electron chi connectivity index (χ1n) is 7.80. The number of aliphatic hydroxyl groups excluding tert-OH is 1. The molecular formula is C16H25ClN4O2. The molecule has 0 saturated heterocycles. The second kappa shape index (κ2) is 7.03. The van der Waals surface area contributed by atoms with Gasteiger partial charge in [-0.25, -0.2) is 9.97 Å². The third-order valence-electron chi connectivity index (χ3n) is 3.24. The summed E-state index contributed by atoms with van der Waals surface area (Å²) in [4.78, 5) is 8.84. The van der Waals surface area contributed by atoms with E-state index in [0.717, 1.165) is 5.52 Å². The smallest absolute Gasteiger partial charge is 0.207 e. The SMILES string of the molecule is CC(C)n1c(NC(O)CCOC(C)(C)C)nc2ccc(Cl)nc21. The van der Waals surface area contributed by atoms with E-state index in [2.05, 4.69) is 15.3 Å². The number of nitrogens with zero attached hydrogens (tertiary/aromatic N) is 3. The second-order valence-corrected chi connectivity index (χ2v) is 7.17. The molecule has 0 fully saturated rings. The van der Waals surface area contributed by atoms with Gasteiger partial charge in [-0.3, -0.25) is 4.57 Å². The Balaban J connectivity index is 2.14. The minimum atomic E-state index is -0.748. The minimum absolute atomic E-state index is 0.131. The minimum Gasteiger partial charge on any atom is -0.376 e. The Hall–Kier alpha value is -1.37. The van der Waals surface area contributed by atoms with E-state index in [9.17, 15) is 5.11 Å². The van der Waals surface area contributed by atoms with E-state index in [-0.39, 0.29) is 11.6 Å². The predicted molar refractivity (Wildman–Crippen MR) is 92.9 cm³/mol. The molecule has 0 amide bonds. The molecule has 23 heavy (non-hydrogen) atoms. The lowest BCUT2D eigenvalue weighted by molar-refractivity contribution is -0.0155. The third-order valence-corrected chi connectivity index (χ3v) is 3.45. The molecule has 0 aliphatic carbocycles. The number of imidazole rings is 1. The van der Waals surface area contributed by atoms with Crippen molar-refractivity contribution in [3.63, 3.8) is 0 Å². The van der Waals surface area contributed by atoms with Gasteiger partial charge in [0.2, 0.25) is 5.95 Å². The van der Waals surface area contributed by atoms with Crippen LogP contribution >= 0.6 is 11.6 Å². The Morgan fingerprint density at radius 1 is 1.30 bits per heavy atom. The molecule has 0 spiro atoms. The molecule has 6 nitrogen and oxygen atoms in total. The van der Waals surface area contributed by atoms with Crippen molar-refractivity contribution in [2.24, 2.45) is 0 Å². The van der Waals surface area contributed by atoms with E-state index < -0.39 is 6.23 Å². The second-order valence-electron chi connectivity index (χ2n) is 6.79. The largest absolute Gasteiger partial charge is 0.376 e. The highest BCUT2D eigenvalue weighted by atomic mass is 35.5. The van der Waals surface area contributed by atoms with Crippen molar-refractivity contribution in [1.29, 1.82) is 0 Å². The molecule has 7 heteroatoms. The molecule has 0 aromatic carbocycles. The number of anilines is 1. The Labute approximate surface area is 141 Å². The van der Waals surface area contributed by atoms with Gasteiger partial charge in [0, 0.05) is 12.5 Å². The van der Waals surface area contributed by atoms with Crippen LogP contribution in [0.5, 0.6) is 0 Å². The first kappa shape index (κ1) is 18.0. The Bertz CT molecular complexity index is 664. The number of fused-ring (bicyclic) bond motifs is 1. The van der Waals surface area contributed by atoms with Crippen molar-refractivity contribution >= 4 is 28.7 Å². The summed E-state index contributed by atoms with van der Waals surface area (Å²) in [6.07, 6.45) is -0.283. The molecule has 1 unspecified atom stereocenters. The van der Waals surface area contributed by atoms with Crippen LogP contribution in [-0.2, 0) is 4.74 Å². The normalized spacial score (nSPS) is 13.7. The molecule has 0 aliphatic rings. The lowest BCUT2D eigenvalue weighted by atomic mass is 10.2. The van der Waals surface area contributed by atoms with Gasteiger partial charge in [-0.2, -0.15) is 0 Å². The van der Waals surface area contributed by atoms with Gasteiger partial charge in [-0.15, -0.1) is 0 Å². The third kappa shape index (κ3) is 4.80. The van der Waals surface area contributed by atoms with Gasteiger partial charge in [0.25, 0.3) is 0 Å². The van der Waals surface area contributed by atoms with Crippen molar-refractivity contribution in [3.05, 3.63) is 17.3 Å². The molecular weight excluding hydrogens is 316 g/mol. The number of ether oxygens (including phenoxy) is 1. The quantitative estimate of drug-likeness (QED) is 0.621. The lowest BCUT2D eigenvalue weighted by Gasteiger charge is -2.21. The van der Waals surface area contributed by atoms with Gasteiger partial charge in [-0.1, -0.05) is 11.6 Å². The van der Waals surface area contributed by atoms with Gasteiger partial charge < -0.3 is 15.2 Å². The zero-order valence-electron chi connectivity index (χ0n) is 14.3. The van der Waals surface area contributed by atoms with E-state index in [1.165, 1.54) is 0 Å². The number of aromatic nitrogens is 3. The fourth-order valence-electron chi connectivity index (χ4n) is 2.24. The van der Waals surface area contributed by atoms with Crippen LogP contribution in [0.3, 0.4) is 0 Å². The van der Waals surface area contributed by atoms with Crippen LogP contribution in [0.25, 0.3) is 11.2 Å². The summed E-state index contributed by atoms with van der Waals surface area (Å²) in [5.74, 6) is 0.577. The molecule has 2 aromatic heterocycles. The summed E-state index contributed by atoms with van der Waals surface area (Å²) in [7, 11) is 0. The lowest BCUT2D eigenvalue weighted by Crippen LogP contribution is -2.26. The molecule has 2 heterocycles. The maximum atomic E-state index is 10.2. The monoisotopic (exact) mass is 340 g/mol. The topological polar surface area (TPSA) is 72.2 Å². The van der Waals surface area contributed by atoms with Crippen molar-refractivity contribution in [2.45, 2.75) is 58.9 Å². The Morgan fingerprint density at radius 3 is 2.61 bits per heavy atom. The fraction of sp³-hybridized carbons (Fsp3) is 0.625. The van der Waals surface area contributed by atoms with Crippen molar-refractivity contribution in [2.75, 3.05) is 11.9 Å². The number of halogens is 1. The van der Waals surface area contributed by atoms with Gasteiger partial charge >= 0.3 is 0 Å². The van der Waals surface area contributed by atoms with Crippen LogP contribution in [-0.4, -0.2) is 38.1 Å². The van der Waals surface area contributed by atoms with Crippen LogP contribution in [0.2, 0.25) is 5.15 Å². The predicted octanol–water partition coefficient (Wildman–Crippen LogP) is 3.60. The summed E-state index contributed by atoms with van der Waals surface area (Å²) in [5.41, 5.74) is 1.22. The molecule has 0 saturated carbocycles. The number of rotatable bonds is 6. The van der Waals surface area contributed by atoms with Gasteiger partial charge in [-0.05, 0) is 46.8 Å². The Kier molecular flexibility index (Phi) is 5.49. The molecule has 0 radical (unpaired) electrons. The molecule has 1 atom stereocenters. The summed E-state index contributed by atoms with van der Waals surface area (Å²) in [5, 5.41) is 13.6. The number of nitrogens with one attached hydrogen (secondary N) is 1. The van der Waals surface area contributed by atoms with Gasteiger partial charge in [0.15, 0.2) is 5.65 Å². The summed E-state index contributed by atoms with van der Waals surface area (Å²) in [6, 6.07) is 3.66. The fourth-order valence-corrected chi connectivity index (χ4v) is 2.38. The first-order chi connectivity index (χ1) is 10.7. The summed E-state index contributed by atoms with van der Waals surface area (Å²) in [6.45, 7) is 10.5. The van der Waals surface area contributed by atoms with Crippen molar-refractivity contribution in [1.82, 2.24) is 14.5 Å². The van der Waals surface area contributed by atoms with Crippen LogP contribution < -0.4 is 5.32 Å². The highest BCUT2D eigenvalue weighted by Gasteiger charge is 2.18. The van der Waals surface area contributed by atoms with E-state index in [4.69, 9.17) is 16.3 Å². The number of aliphatic hydroxyl groups is 1. The standard InChI is InChI=1S/C16H25ClN4O2/c1-10(2)21-14-11(6-7-12(17)19-14)18-15(21)20-13(22)8-9-23-16(3,4)5/h6-7,10,13,22H,8-9H2,1-5H3,(H,18,20). The highest BCUT2D eigenvalue weighted by Crippen LogP contribution is 2.24. The van der Waals surface area contributed by atoms with Crippen LogP contribution in [0.15, 0.2) is 12.1 Å². The number of hydrogen-bond donors (Lipinski definition) is 2. The molecule has 2 rings (SSSR count). The maximum absolute atomic E-state index is 10.2.